The van der Waals surface area contributed by atoms with Crippen LogP contribution in [0.15, 0.2) is 41.0 Å². The molecule has 2 rings (SSSR count). The van der Waals surface area contributed by atoms with Crippen LogP contribution < -0.4 is 11.1 Å². The van der Waals surface area contributed by atoms with Gasteiger partial charge < -0.3 is 11.1 Å². The minimum Gasteiger partial charge on any atom is -0.396 e. The van der Waals surface area contributed by atoms with Gasteiger partial charge in [-0.3, -0.25) is 0 Å². The SMILES string of the molecule is Nc1cc(Br)cnc1Nc1cccc(I)c1. The van der Waals surface area contributed by atoms with E-state index in [0.29, 0.717) is 11.5 Å². The van der Waals surface area contributed by atoms with E-state index in [4.69, 9.17) is 5.73 Å². The van der Waals surface area contributed by atoms with E-state index in [1.807, 2.05) is 30.3 Å². The van der Waals surface area contributed by atoms with Crippen LogP contribution in [0.25, 0.3) is 0 Å². The van der Waals surface area contributed by atoms with Gasteiger partial charge >= 0.3 is 0 Å². The van der Waals surface area contributed by atoms with Crippen molar-refractivity contribution in [3.63, 3.8) is 0 Å². The number of nitrogens with one attached hydrogen (secondary N) is 1. The maximum atomic E-state index is 5.85. The average Bonchev–Trinajstić information content (AvgIpc) is 2.22. The number of benzene rings is 1. The van der Waals surface area contributed by atoms with Gasteiger partial charge in [0.2, 0.25) is 0 Å². The lowest BCUT2D eigenvalue weighted by Crippen LogP contribution is -1.99. The lowest BCUT2D eigenvalue weighted by Gasteiger charge is -2.08. The highest BCUT2D eigenvalue weighted by molar-refractivity contribution is 14.1. The quantitative estimate of drug-likeness (QED) is 0.768. The van der Waals surface area contributed by atoms with E-state index in [2.05, 4.69) is 48.8 Å². The van der Waals surface area contributed by atoms with Crippen LogP contribution in [0.4, 0.5) is 17.2 Å². The van der Waals surface area contributed by atoms with Crippen LogP contribution >= 0.6 is 38.5 Å². The summed E-state index contributed by atoms with van der Waals surface area (Å²) in [6.07, 6.45) is 1.71. The smallest absolute Gasteiger partial charge is 0.153 e. The monoisotopic (exact) mass is 389 g/mol. The van der Waals surface area contributed by atoms with Gasteiger partial charge in [-0.25, -0.2) is 4.98 Å². The zero-order valence-corrected chi connectivity index (χ0v) is 12.0. The molecule has 3 nitrogen and oxygen atoms in total. The Labute approximate surface area is 116 Å². The second-order valence-corrected chi connectivity index (χ2v) is 5.39. The molecule has 0 radical (unpaired) electrons. The molecule has 2 aromatic rings. The summed E-state index contributed by atoms with van der Waals surface area (Å²) >= 11 is 5.58. The molecule has 0 aliphatic heterocycles. The molecule has 82 valence electrons. The van der Waals surface area contributed by atoms with Crippen molar-refractivity contribution >= 4 is 55.7 Å². The Morgan fingerprint density at radius 1 is 1.31 bits per heavy atom. The van der Waals surface area contributed by atoms with Crippen molar-refractivity contribution in [1.82, 2.24) is 4.98 Å². The summed E-state index contributed by atoms with van der Waals surface area (Å²) in [7, 11) is 0. The van der Waals surface area contributed by atoms with Gasteiger partial charge in [0.15, 0.2) is 5.82 Å². The predicted octanol–water partition coefficient (Wildman–Crippen LogP) is 3.77. The fraction of sp³-hybridized carbons (Fsp3) is 0. The summed E-state index contributed by atoms with van der Waals surface area (Å²) in [6.45, 7) is 0. The lowest BCUT2D eigenvalue weighted by atomic mass is 10.3. The highest BCUT2D eigenvalue weighted by Crippen LogP contribution is 2.24. The Morgan fingerprint density at radius 3 is 2.81 bits per heavy atom. The maximum absolute atomic E-state index is 5.85. The van der Waals surface area contributed by atoms with Crippen molar-refractivity contribution in [2.45, 2.75) is 0 Å². The summed E-state index contributed by atoms with van der Waals surface area (Å²) in [5.41, 5.74) is 7.45. The number of halogens is 2. The third kappa shape index (κ3) is 2.85. The van der Waals surface area contributed by atoms with Crippen LogP contribution in [0.1, 0.15) is 0 Å². The van der Waals surface area contributed by atoms with Crippen molar-refractivity contribution in [1.29, 1.82) is 0 Å². The zero-order valence-electron chi connectivity index (χ0n) is 8.24. The fourth-order valence-electron chi connectivity index (χ4n) is 1.26. The largest absolute Gasteiger partial charge is 0.396 e. The number of nitrogens with two attached hydrogens (primary N) is 1. The van der Waals surface area contributed by atoms with E-state index in [0.717, 1.165) is 10.2 Å². The van der Waals surface area contributed by atoms with Crippen molar-refractivity contribution < 1.29 is 0 Å². The molecule has 1 aromatic carbocycles. The minimum atomic E-state index is 0.619. The van der Waals surface area contributed by atoms with Crippen LogP contribution in [0.5, 0.6) is 0 Å². The number of anilines is 3. The fourth-order valence-corrected chi connectivity index (χ4v) is 2.15. The number of nitrogen functional groups attached to an aromatic ring is 1. The molecule has 0 aliphatic carbocycles. The first-order valence-electron chi connectivity index (χ1n) is 4.59. The third-order valence-corrected chi connectivity index (χ3v) is 3.08. The van der Waals surface area contributed by atoms with E-state index >= 15 is 0 Å². The van der Waals surface area contributed by atoms with E-state index < -0.39 is 0 Å². The molecular formula is C11H9BrIN3. The second-order valence-electron chi connectivity index (χ2n) is 3.23. The number of rotatable bonds is 2. The zero-order chi connectivity index (χ0) is 11.5. The number of aromatic nitrogens is 1. The van der Waals surface area contributed by atoms with E-state index in [1.165, 1.54) is 3.57 Å². The van der Waals surface area contributed by atoms with Crippen molar-refractivity contribution in [2.24, 2.45) is 0 Å². The predicted molar refractivity (Wildman–Crippen MR) is 78.8 cm³/mol. The first-order valence-corrected chi connectivity index (χ1v) is 6.46. The highest BCUT2D eigenvalue weighted by atomic mass is 127. The summed E-state index contributed by atoms with van der Waals surface area (Å²) in [4.78, 5) is 4.22. The maximum Gasteiger partial charge on any atom is 0.153 e. The lowest BCUT2D eigenvalue weighted by molar-refractivity contribution is 1.29. The van der Waals surface area contributed by atoms with Gasteiger partial charge in [0, 0.05) is 19.9 Å². The summed E-state index contributed by atoms with van der Waals surface area (Å²) in [6, 6.07) is 9.85. The molecule has 0 spiro atoms. The van der Waals surface area contributed by atoms with Gasteiger partial charge in [0.05, 0.1) is 5.69 Å². The average molecular weight is 390 g/mol. The van der Waals surface area contributed by atoms with Crippen LogP contribution in [-0.4, -0.2) is 4.98 Å². The number of nitrogens with zero attached hydrogens (tertiary/aromatic N) is 1. The standard InChI is InChI=1S/C11H9BrIN3/c12-7-4-10(14)11(15-6-7)16-9-3-1-2-8(13)5-9/h1-6H,14H2,(H,15,16). The van der Waals surface area contributed by atoms with Gasteiger partial charge in [-0.05, 0) is 62.8 Å². The molecule has 0 unspecified atom stereocenters. The first kappa shape index (κ1) is 11.7. The highest BCUT2D eigenvalue weighted by Gasteiger charge is 2.02. The number of hydrogen-bond acceptors (Lipinski definition) is 3. The molecule has 0 fully saturated rings. The summed E-state index contributed by atoms with van der Waals surface area (Å²) in [5.74, 6) is 0.671. The molecule has 3 N–H and O–H groups in total. The Balaban J connectivity index is 2.27. The van der Waals surface area contributed by atoms with E-state index in [-0.39, 0.29) is 0 Å². The molecule has 1 aromatic heterocycles. The summed E-state index contributed by atoms with van der Waals surface area (Å²) in [5, 5.41) is 3.18. The van der Waals surface area contributed by atoms with Crippen molar-refractivity contribution in [3.8, 4) is 0 Å². The number of hydrogen-bond donors (Lipinski definition) is 2. The van der Waals surface area contributed by atoms with Gasteiger partial charge in [0.1, 0.15) is 0 Å². The van der Waals surface area contributed by atoms with Gasteiger partial charge in [-0.1, -0.05) is 6.07 Å². The Hall–Kier alpha value is -0.820. The number of pyridine rings is 1. The molecule has 0 saturated heterocycles. The summed E-state index contributed by atoms with van der Waals surface area (Å²) < 4.78 is 2.04. The molecule has 0 atom stereocenters. The second kappa shape index (κ2) is 5.01. The van der Waals surface area contributed by atoms with E-state index in [9.17, 15) is 0 Å². The Morgan fingerprint density at radius 2 is 2.12 bits per heavy atom. The molecule has 1 heterocycles. The van der Waals surface area contributed by atoms with Crippen molar-refractivity contribution in [2.75, 3.05) is 11.1 Å². The molecule has 16 heavy (non-hydrogen) atoms. The van der Waals surface area contributed by atoms with Crippen LogP contribution in [0.3, 0.4) is 0 Å². The molecule has 0 saturated carbocycles. The molecule has 0 bridgehead atoms. The van der Waals surface area contributed by atoms with Crippen LogP contribution in [0.2, 0.25) is 0 Å². The van der Waals surface area contributed by atoms with Crippen LogP contribution in [0, 0.1) is 3.57 Å². The van der Waals surface area contributed by atoms with Gasteiger partial charge in [-0.15, -0.1) is 0 Å². The van der Waals surface area contributed by atoms with Crippen LogP contribution in [-0.2, 0) is 0 Å². The third-order valence-electron chi connectivity index (χ3n) is 1.97. The minimum absolute atomic E-state index is 0.619. The Kier molecular flexibility index (Phi) is 3.65. The molecule has 5 heteroatoms. The van der Waals surface area contributed by atoms with Gasteiger partial charge in [0.25, 0.3) is 0 Å². The Bertz CT molecular complexity index is 516. The first-order chi connectivity index (χ1) is 7.65. The molecule has 0 amide bonds. The van der Waals surface area contributed by atoms with Gasteiger partial charge in [-0.2, -0.15) is 0 Å². The topological polar surface area (TPSA) is 50.9 Å². The molecular weight excluding hydrogens is 381 g/mol. The van der Waals surface area contributed by atoms with Crippen molar-refractivity contribution in [3.05, 3.63) is 44.6 Å². The normalized spacial score (nSPS) is 10.1. The molecule has 0 aliphatic rings. The van der Waals surface area contributed by atoms with E-state index in [1.54, 1.807) is 6.20 Å².